The van der Waals surface area contributed by atoms with Gasteiger partial charge in [-0.1, -0.05) is 127 Å². The largest absolute Gasteiger partial charge is 0.456 e. The van der Waals surface area contributed by atoms with E-state index >= 15 is 0 Å². The molecular weight excluding hydrogens is 599 g/mol. The van der Waals surface area contributed by atoms with E-state index in [0.29, 0.717) is 0 Å². The Morgan fingerprint density at radius 3 is 1.78 bits per heavy atom. The van der Waals surface area contributed by atoms with Crippen LogP contribution in [0.5, 0.6) is 0 Å². The summed E-state index contributed by atoms with van der Waals surface area (Å²) >= 11 is 0. The Labute approximate surface area is 282 Å². The average Bonchev–Trinajstić information content (AvgIpc) is 3.74. The van der Waals surface area contributed by atoms with Crippen molar-refractivity contribution in [1.82, 2.24) is 0 Å². The maximum Gasteiger partial charge on any atom is 0.143 e. The molecule has 0 atom stereocenters. The van der Waals surface area contributed by atoms with Gasteiger partial charge in [-0.3, -0.25) is 0 Å². The number of anilines is 3. The summed E-state index contributed by atoms with van der Waals surface area (Å²) in [6, 6.07) is 62.1. The van der Waals surface area contributed by atoms with Gasteiger partial charge in [0, 0.05) is 43.7 Å². The Balaban J connectivity index is 1.15. The molecule has 2 aromatic heterocycles. The molecule has 0 amide bonds. The van der Waals surface area contributed by atoms with Crippen molar-refractivity contribution in [2.45, 2.75) is 0 Å². The molecule has 0 fully saturated rings. The first kappa shape index (κ1) is 27.5. The predicted molar refractivity (Wildman–Crippen MR) is 204 cm³/mol. The minimum Gasteiger partial charge on any atom is -0.456 e. The van der Waals surface area contributed by atoms with Crippen molar-refractivity contribution in [3.8, 4) is 22.3 Å². The lowest BCUT2D eigenvalue weighted by molar-refractivity contribution is 0.669. The molecule has 230 valence electrons. The van der Waals surface area contributed by atoms with Gasteiger partial charge in [0.25, 0.3) is 0 Å². The van der Waals surface area contributed by atoms with Crippen LogP contribution in [0.2, 0.25) is 0 Å². The molecular formula is C46H29NO2. The van der Waals surface area contributed by atoms with Gasteiger partial charge in [0.05, 0.1) is 11.4 Å². The Morgan fingerprint density at radius 1 is 0.347 bits per heavy atom. The van der Waals surface area contributed by atoms with Gasteiger partial charge in [-0.15, -0.1) is 0 Å². The van der Waals surface area contributed by atoms with Gasteiger partial charge >= 0.3 is 0 Å². The Hall–Kier alpha value is -6.58. The number of rotatable bonds is 5. The molecule has 0 unspecified atom stereocenters. The second-order valence-corrected chi connectivity index (χ2v) is 12.5. The van der Waals surface area contributed by atoms with E-state index < -0.39 is 0 Å². The molecule has 0 radical (unpaired) electrons. The number of hydrogen-bond acceptors (Lipinski definition) is 3. The lowest BCUT2D eigenvalue weighted by atomic mass is 9.98. The van der Waals surface area contributed by atoms with Crippen molar-refractivity contribution < 1.29 is 8.83 Å². The minimum absolute atomic E-state index is 0.884. The second-order valence-electron chi connectivity index (χ2n) is 12.5. The second kappa shape index (κ2) is 11.0. The standard InChI is InChI=1S/C46H29NO2/c1-2-13-34-30(11-1)12-9-20-42(34)47(33-26-23-31(24-27-33)36-17-10-18-40-38-16-5-8-22-44(38)49-46(36)40)41-19-6-3-14-35(41)32-25-28-39-37-15-4-7-21-43(37)48-45(39)29-32/h1-29H. The lowest BCUT2D eigenvalue weighted by Gasteiger charge is -2.29. The van der Waals surface area contributed by atoms with Crippen LogP contribution in [0, 0.1) is 0 Å². The molecule has 0 aliphatic heterocycles. The van der Waals surface area contributed by atoms with Crippen molar-refractivity contribution in [3.63, 3.8) is 0 Å². The maximum absolute atomic E-state index is 6.40. The first-order chi connectivity index (χ1) is 24.3. The number of hydrogen-bond donors (Lipinski definition) is 0. The molecule has 0 spiro atoms. The highest BCUT2D eigenvalue weighted by Gasteiger charge is 2.20. The van der Waals surface area contributed by atoms with Crippen LogP contribution in [0.25, 0.3) is 76.9 Å². The van der Waals surface area contributed by atoms with Crippen LogP contribution in [0.15, 0.2) is 185 Å². The molecule has 0 N–H and O–H groups in total. The van der Waals surface area contributed by atoms with Gasteiger partial charge < -0.3 is 13.7 Å². The molecule has 10 aromatic rings. The van der Waals surface area contributed by atoms with Crippen molar-refractivity contribution in [2.75, 3.05) is 4.90 Å². The third-order valence-corrected chi connectivity index (χ3v) is 9.68. The van der Waals surface area contributed by atoms with E-state index in [4.69, 9.17) is 8.83 Å². The zero-order valence-electron chi connectivity index (χ0n) is 26.5. The van der Waals surface area contributed by atoms with E-state index in [1.165, 1.54) is 10.8 Å². The topological polar surface area (TPSA) is 29.5 Å². The van der Waals surface area contributed by atoms with E-state index in [-0.39, 0.29) is 0 Å². The summed E-state index contributed by atoms with van der Waals surface area (Å²) < 4.78 is 12.7. The SMILES string of the molecule is c1ccc(N(c2ccc(-c3cccc4c3oc3ccccc34)cc2)c2cccc3ccccc23)c(-c2ccc3c(c2)oc2ccccc23)c1. The van der Waals surface area contributed by atoms with Crippen LogP contribution in [0.3, 0.4) is 0 Å². The minimum atomic E-state index is 0.884. The van der Waals surface area contributed by atoms with Crippen LogP contribution >= 0.6 is 0 Å². The molecule has 49 heavy (non-hydrogen) atoms. The van der Waals surface area contributed by atoms with Gasteiger partial charge in [-0.05, 0) is 65.0 Å². The van der Waals surface area contributed by atoms with E-state index in [0.717, 1.165) is 83.2 Å². The first-order valence-corrected chi connectivity index (χ1v) is 16.6. The van der Waals surface area contributed by atoms with Gasteiger partial charge in [-0.25, -0.2) is 0 Å². The van der Waals surface area contributed by atoms with E-state index in [1.807, 2.05) is 24.3 Å². The molecule has 0 aliphatic rings. The molecule has 10 rings (SSSR count). The Bertz CT molecular complexity index is 2830. The zero-order chi connectivity index (χ0) is 32.3. The highest BCUT2D eigenvalue weighted by Crippen LogP contribution is 2.45. The van der Waals surface area contributed by atoms with Gasteiger partial charge in [0.1, 0.15) is 22.3 Å². The van der Waals surface area contributed by atoms with Crippen LogP contribution in [0.1, 0.15) is 0 Å². The predicted octanol–water partition coefficient (Wildman–Crippen LogP) is 13.4. The third kappa shape index (κ3) is 4.44. The fourth-order valence-corrected chi connectivity index (χ4v) is 7.38. The molecule has 3 nitrogen and oxygen atoms in total. The van der Waals surface area contributed by atoms with Crippen molar-refractivity contribution >= 4 is 71.7 Å². The summed E-state index contributed by atoms with van der Waals surface area (Å²) in [6.45, 7) is 0. The maximum atomic E-state index is 6.40. The van der Waals surface area contributed by atoms with Crippen LogP contribution < -0.4 is 4.90 Å². The van der Waals surface area contributed by atoms with E-state index in [9.17, 15) is 0 Å². The van der Waals surface area contributed by atoms with Crippen LogP contribution in [0.4, 0.5) is 17.1 Å². The smallest absolute Gasteiger partial charge is 0.143 e. The monoisotopic (exact) mass is 627 g/mol. The van der Waals surface area contributed by atoms with Crippen molar-refractivity contribution in [3.05, 3.63) is 176 Å². The summed E-state index contributed by atoms with van der Waals surface area (Å²) in [7, 11) is 0. The molecule has 0 bridgehead atoms. The summed E-state index contributed by atoms with van der Waals surface area (Å²) in [5, 5.41) is 6.90. The summed E-state index contributed by atoms with van der Waals surface area (Å²) in [5.41, 5.74) is 11.3. The molecule has 0 saturated heterocycles. The normalized spacial score (nSPS) is 11.7. The highest BCUT2D eigenvalue weighted by atomic mass is 16.3. The van der Waals surface area contributed by atoms with E-state index in [1.54, 1.807) is 0 Å². The highest BCUT2D eigenvalue weighted by molar-refractivity contribution is 6.10. The summed E-state index contributed by atoms with van der Waals surface area (Å²) in [5.74, 6) is 0. The number of furan rings is 2. The number of nitrogens with zero attached hydrogens (tertiary/aromatic N) is 1. The van der Waals surface area contributed by atoms with Gasteiger partial charge in [0.15, 0.2) is 0 Å². The fourth-order valence-electron chi connectivity index (χ4n) is 7.38. The Morgan fingerprint density at radius 2 is 0.918 bits per heavy atom. The van der Waals surface area contributed by atoms with E-state index in [2.05, 4.69) is 157 Å². The number of benzene rings is 8. The quantitative estimate of drug-likeness (QED) is 0.190. The molecule has 8 aromatic carbocycles. The van der Waals surface area contributed by atoms with Crippen LogP contribution in [-0.4, -0.2) is 0 Å². The van der Waals surface area contributed by atoms with Gasteiger partial charge in [0.2, 0.25) is 0 Å². The molecule has 2 heterocycles. The molecule has 3 heteroatoms. The van der Waals surface area contributed by atoms with Crippen molar-refractivity contribution in [1.29, 1.82) is 0 Å². The average molecular weight is 628 g/mol. The number of para-hydroxylation sites is 4. The fraction of sp³-hybridized carbons (Fsp3) is 0. The third-order valence-electron chi connectivity index (χ3n) is 9.68. The first-order valence-electron chi connectivity index (χ1n) is 16.6. The van der Waals surface area contributed by atoms with Gasteiger partial charge in [-0.2, -0.15) is 0 Å². The zero-order valence-corrected chi connectivity index (χ0v) is 26.5. The van der Waals surface area contributed by atoms with Crippen LogP contribution in [-0.2, 0) is 0 Å². The summed E-state index contributed by atoms with van der Waals surface area (Å²) in [6.07, 6.45) is 0. The summed E-state index contributed by atoms with van der Waals surface area (Å²) in [4.78, 5) is 2.38. The molecule has 0 aliphatic carbocycles. The lowest BCUT2D eigenvalue weighted by Crippen LogP contribution is -2.11. The number of fused-ring (bicyclic) bond motifs is 7. The molecule has 0 saturated carbocycles. The van der Waals surface area contributed by atoms with Crippen molar-refractivity contribution in [2.24, 2.45) is 0 Å². The Kier molecular flexibility index (Phi) is 6.18.